The van der Waals surface area contributed by atoms with E-state index < -0.39 is 0 Å². The smallest absolute Gasteiger partial charge is 0.0103 e. The molecule has 2 aliphatic rings. The lowest BCUT2D eigenvalue weighted by Gasteiger charge is -2.38. The number of rotatable bonds is 4. The van der Waals surface area contributed by atoms with Gasteiger partial charge in [-0.2, -0.15) is 0 Å². The summed E-state index contributed by atoms with van der Waals surface area (Å²) in [5.41, 5.74) is 0. The summed E-state index contributed by atoms with van der Waals surface area (Å²) in [6, 6.07) is 0.884. The quantitative estimate of drug-likeness (QED) is 0.701. The molecule has 1 unspecified atom stereocenters. The molecule has 0 amide bonds. The van der Waals surface area contributed by atoms with E-state index in [9.17, 15) is 0 Å². The molecule has 1 aliphatic heterocycles. The summed E-state index contributed by atoms with van der Waals surface area (Å²) in [5.74, 6) is 1.02. The fourth-order valence-electron chi connectivity index (χ4n) is 3.45. The standard InChI is InChI=1S/C14H26BrN/c15-10-9-14-8-4-5-11-16(14)12-13-6-2-1-3-7-13/h13-14H,1-12H2. The van der Waals surface area contributed by atoms with Crippen LogP contribution >= 0.6 is 15.9 Å². The molecular formula is C14H26BrN. The molecule has 1 saturated carbocycles. The molecule has 1 saturated heterocycles. The van der Waals surface area contributed by atoms with Gasteiger partial charge in [0.1, 0.15) is 0 Å². The first-order valence-corrected chi connectivity index (χ1v) is 8.32. The minimum absolute atomic E-state index is 0.884. The van der Waals surface area contributed by atoms with Crippen LogP contribution in [-0.4, -0.2) is 29.4 Å². The van der Waals surface area contributed by atoms with Gasteiger partial charge in [-0.3, -0.25) is 0 Å². The van der Waals surface area contributed by atoms with Crippen molar-refractivity contribution in [3.05, 3.63) is 0 Å². The molecule has 0 radical (unpaired) electrons. The van der Waals surface area contributed by atoms with Gasteiger partial charge in [0.05, 0.1) is 0 Å². The average Bonchev–Trinajstić information content (AvgIpc) is 2.33. The molecule has 1 atom stereocenters. The van der Waals surface area contributed by atoms with Crippen molar-refractivity contribution in [2.45, 2.75) is 63.8 Å². The summed E-state index contributed by atoms with van der Waals surface area (Å²) < 4.78 is 0. The lowest BCUT2D eigenvalue weighted by atomic mass is 9.87. The Hall–Kier alpha value is 0.440. The third-order valence-corrected chi connectivity index (χ3v) is 4.87. The van der Waals surface area contributed by atoms with Crippen molar-refractivity contribution in [2.75, 3.05) is 18.4 Å². The van der Waals surface area contributed by atoms with Crippen LogP contribution in [0.25, 0.3) is 0 Å². The molecule has 2 rings (SSSR count). The number of piperidine rings is 1. The van der Waals surface area contributed by atoms with Gasteiger partial charge < -0.3 is 4.90 Å². The van der Waals surface area contributed by atoms with E-state index in [-0.39, 0.29) is 0 Å². The highest BCUT2D eigenvalue weighted by molar-refractivity contribution is 9.09. The van der Waals surface area contributed by atoms with E-state index in [2.05, 4.69) is 20.8 Å². The molecule has 94 valence electrons. The largest absolute Gasteiger partial charge is 0.300 e. The van der Waals surface area contributed by atoms with E-state index in [0.29, 0.717) is 0 Å². The van der Waals surface area contributed by atoms with Crippen LogP contribution in [0.1, 0.15) is 57.8 Å². The predicted octanol–water partition coefficient (Wildman–Crippen LogP) is 4.21. The molecule has 1 heterocycles. The van der Waals surface area contributed by atoms with Crippen LogP contribution < -0.4 is 0 Å². The summed E-state index contributed by atoms with van der Waals surface area (Å²) >= 11 is 3.61. The second kappa shape index (κ2) is 7.00. The Morgan fingerprint density at radius 3 is 2.44 bits per heavy atom. The molecule has 1 aliphatic carbocycles. The number of alkyl halides is 1. The Bertz CT molecular complexity index is 187. The van der Waals surface area contributed by atoms with Gasteiger partial charge in [0.25, 0.3) is 0 Å². The number of hydrogen-bond acceptors (Lipinski definition) is 1. The molecular weight excluding hydrogens is 262 g/mol. The minimum atomic E-state index is 0.884. The van der Waals surface area contributed by atoms with Crippen LogP contribution in [0.2, 0.25) is 0 Å². The maximum atomic E-state index is 3.61. The van der Waals surface area contributed by atoms with Gasteiger partial charge in [-0.15, -0.1) is 0 Å². The van der Waals surface area contributed by atoms with Gasteiger partial charge in [-0.1, -0.05) is 41.6 Å². The number of halogens is 1. The molecule has 0 aromatic heterocycles. The second-order valence-corrected chi connectivity index (χ2v) is 6.42. The molecule has 1 nitrogen and oxygen atoms in total. The Kier molecular flexibility index (Phi) is 5.64. The van der Waals surface area contributed by atoms with E-state index in [1.807, 2.05) is 0 Å². The summed E-state index contributed by atoms with van der Waals surface area (Å²) in [4.78, 5) is 2.81. The zero-order chi connectivity index (χ0) is 11.2. The fraction of sp³-hybridized carbons (Fsp3) is 1.00. The first-order chi connectivity index (χ1) is 7.90. The molecule has 2 fully saturated rings. The van der Waals surface area contributed by atoms with Crippen LogP contribution in [0.4, 0.5) is 0 Å². The normalized spacial score (nSPS) is 29.4. The Morgan fingerprint density at radius 1 is 0.938 bits per heavy atom. The number of hydrogen-bond donors (Lipinski definition) is 0. The van der Waals surface area contributed by atoms with Crippen molar-refractivity contribution in [1.29, 1.82) is 0 Å². The Balaban J connectivity index is 1.80. The molecule has 0 spiro atoms. The highest BCUT2D eigenvalue weighted by atomic mass is 79.9. The SMILES string of the molecule is BrCCC1CCCCN1CC1CCCCC1. The van der Waals surface area contributed by atoms with Crippen LogP contribution in [-0.2, 0) is 0 Å². The van der Waals surface area contributed by atoms with Gasteiger partial charge in [-0.25, -0.2) is 0 Å². The minimum Gasteiger partial charge on any atom is -0.300 e. The molecule has 2 heteroatoms. The average molecular weight is 288 g/mol. The van der Waals surface area contributed by atoms with Gasteiger partial charge in [-0.05, 0) is 44.6 Å². The summed E-state index contributed by atoms with van der Waals surface area (Å²) in [6.45, 7) is 2.77. The number of likely N-dealkylation sites (tertiary alicyclic amines) is 1. The monoisotopic (exact) mass is 287 g/mol. The third-order valence-electron chi connectivity index (χ3n) is 4.41. The van der Waals surface area contributed by atoms with E-state index in [0.717, 1.165) is 12.0 Å². The first kappa shape index (κ1) is 12.9. The highest BCUT2D eigenvalue weighted by Gasteiger charge is 2.25. The van der Waals surface area contributed by atoms with E-state index >= 15 is 0 Å². The van der Waals surface area contributed by atoms with Gasteiger partial charge in [0, 0.05) is 17.9 Å². The van der Waals surface area contributed by atoms with Crippen LogP contribution in [0, 0.1) is 5.92 Å². The van der Waals surface area contributed by atoms with Crippen molar-refractivity contribution in [1.82, 2.24) is 4.90 Å². The van der Waals surface area contributed by atoms with Gasteiger partial charge in [0.2, 0.25) is 0 Å². The maximum Gasteiger partial charge on any atom is 0.0103 e. The zero-order valence-electron chi connectivity index (χ0n) is 10.5. The first-order valence-electron chi connectivity index (χ1n) is 7.20. The van der Waals surface area contributed by atoms with Crippen molar-refractivity contribution in [3.63, 3.8) is 0 Å². The van der Waals surface area contributed by atoms with Crippen molar-refractivity contribution in [3.8, 4) is 0 Å². The van der Waals surface area contributed by atoms with Gasteiger partial charge in [0.15, 0.2) is 0 Å². The number of nitrogens with zero attached hydrogens (tertiary/aromatic N) is 1. The van der Waals surface area contributed by atoms with Crippen molar-refractivity contribution < 1.29 is 0 Å². The maximum absolute atomic E-state index is 3.61. The van der Waals surface area contributed by atoms with E-state index in [1.165, 1.54) is 76.2 Å². The summed E-state index contributed by atoms with van der Waals surface area (Å²) in [6.07, 6.45) is 13.1. The Morgan fingerprint density at radius 2 is 1.69 bits per heavy atom. The van der Waals surface area contributed by atoms with E-state index in [1.54, 1.807) is 0 Å². The van der Waals surface area contributed by atoms with Crippen LogP contribution in [0.5, 0.6) is 0 Å². The highest BCUT2D eigenvalue weighted by Crippen LogP contribution is 2.28. The Labute approximate surface area is 109 Å². The van der Waals surface area contributed by atoms with Crippen LogP contribution in [0.15, 0.2) is 0 Å². The van der Waals surface area contributed by atoms with Crippen molar-refractivity contribution >= 4 is 15.9 Å². The topological polar surface area (TPSA) is 3.24 Å². The summed E-state index contributed by atoms with van der Waals surface area (Å²) in [5, 5.41) is 1.18. The molecule has 0 bridgehead atoms. The van der Waals surface area contributed by atoms with Crippen LogP contribution in [0.3, 0.4) is 0 Å². The zero-order valence-corrected chi connectivity index (χ0v) is 12.1. The summed E-state index contributed by atoms with van der Waals surface area (Å²) in [7, 11) is 0. The fourth-order valence-corrected chi connectivity index (χ4v) is 3.98. The van der Waals surface area contributed by atoms with Gasteiger partial charge >= 0.3 is 0 Å². The van der Waals surface area contributed by atoms with Crippen molar-refractivity contribution in [2.24, 2.45) is 5.92 Å². The second-order valence-electron chi connectivity index (χ2n) is 5.63. The third kappa shape index (κ3) is 3.73. The predicted molar refractivity (Wildman–Crippen MR) is 74.2 cm³/mol. The molecule has 0 aromatic rings. The molecule has 16 heavy (non-hydrogen) atoms. The lowest BCUT2D eigenvalue weighted by molar-refractivity contribution is 0.111. The van der Waals surface area contributed by atoms with E-state index in [4.69, 9.17) is 0 Å². The molecule has 0 N–H and O–H groups in total. The molecule has 0 aromatic carbocycles. The lowest BCUT2D eigenvalue weighted by Crippen LogP contribution is -2.42.